The number of hydrogen-bond donors (Lipinski definition) is 0. The van der Waals surface area contributed by atoms with Crippen LogP contribution in [0.3, 0.4) is 0 Å². The normalized spacial score (nSPS) is 46.9. The van der Waals surface area contributed by atoms with Crippen LogP contribution in [0.15, 0.2) is 0 Å². The average Bonchev–Trinajstić information content (AvgIpc) is 3.06. The van der Waals surface area contributed by atoms with Crippen molar-refractivity contribution in [2.24, 2.45) is 16.7 Å². The minimum atomic E-state index is -1.15. The summed E-state index contributed by atoms with van der Waals surface area (Å²) in [6.07, 6.45) is 7.40. The van der Waals surface area contributed by atoms with Gasteiger partial charge in [0.15, 0.2) is 0 Å². The van der Waals surface area contributed by atoms with E-state index in [4.69, 9.17) is 14.2 Å². The maximum atomic E-state index is 13.0. The average molecular weight is 364 g/mol. The van der Waals surface area contributed by atoms with E-state index in [0.29, 0.717) is 18.8 Å². The monoisotopic (exact) mass is 364 g/mol. The lowest BCUT2D eigenvalue weighted by Gasteiger charge is -2.34. The van der Waals surface area contributed by atoms with Gasteiger partial charge in [-0.1, -0.05) is 33.1 Å². The van der Waals surface area contributed by atoms with Crippen LogP contribution in [0, 0.1) is 16.7 Å². The Morgan fingerprint density at radius 2 is 1.73 bits per heavy atom. The van der Waals surface area contributed by atoms with Gasteiger partial charge in [0.25, 0.3) is 0 Å². The van der Waals surface area contributed by atoms with E-state index in [-0.39, 0.29) is 18.2 Å². The molecule has 2 aliphatic carbocycles. The van der Waals surface area contributed by atoms with Crippen molar-refractivity contribution in [1.82, 2.24) is 0 Å². The predicted octanol–water partition coefficient (Wildman–Crippen LogP) is 3.78. The summed E-state index contributed by atoms with van der Waals surface area (Å²) in [6, 6.07) is 0. The number of esters is 2. The highest BCUT2D eigenvalue weighted by molar-refractivity contribution is 5.93. The minimum Gasteiger partial charge on any atom is -0.460 e. The molecule has 2 saturated carbocycles. The van der Waals surface area contributed by atoms with Crippen molar-refractivity contribution in [3.63, 3.8) is 0 Å². The van der Waals surface area contributed by atoms with E-state index in [1.165, 1.54) is 32.1 Å². The highest BCUT2D eigenvalue weighted by Gasteiger charge is 2.77. The SMILES string of the molecule is CC12CCC(C(=O)OC[C@]3(C)O[C@]3(C)C3CCCCC3)(OC1=O)C2(C)C. The van der Waals surface area contributed by atoms with Crippen LogP contribution in [0.4, 0.5) is 0 Å². The van der Waals surface area contributed by atoms with Crippen molar-refractivity contribution < 1.29 is 23.8 Å². The number of fused-ring (bicyclic) bond motifs is 2. The summed E-state index contributed by atoms with van der Waals surface area (Å²) in [6.45, 7) is 10.2. The predicted molar refractivity (Wildman–Crippen MR) is 95.4 cm³/mol. The molecule has 0 spiro atoms. The Morgan fingerprint density at radius 3 is 2.27 bits per heavy atom. The molecule has 0 N–H and O–H groups in total. The third-order valence-electron chi connectivity index (χ3n) is 8.72. The first-order chi connectivity index (χ1) is 12.0. The molecule has 146 valence electrons. The van der Waals surface area contributed by atoms with Crippen molar-refractivity contribution in [1.29, 1.82) is 0 Å². The second-order valence-corrected chi connectivity index (χ2v) is 10.0. The van der Waals surface area contributed by atoms with Gasteiger partial charge in [-0.25, -0.2) is 4.79 Å². The summed E-state index contributed by atoms with van der Waals surface area (Å²) >= 11 is 0. The molecule has 2 unspecified atom stereocenters. The molecular weight excluding hydrogens is 332 g/mol. The van der Waals surface area contributed by atoms with Crippen LogP contribution in [0.25, 0.3) is 0 Å². The highest BCUT2D eigenvalue weighted by atomic mass is 16.7. The zero-order valence-corrected chi connectivity index (χ0v) is 16.8. The van der Waals surface area contributed by atoms with Crippen LogP contribution < -0.4 is 0 Å². The Bertz CT molecular complexity index is 651. The van der Waals surface area contributed by atoms with Gasteiger partial charge >= 0.3 is 11.9 Å². The topological polar surface area (TPSA) is 65.1 Å². The third kappa shape index (κ3) is 2.01. The van der Waals surface area contributed by atoms with Crippen molar-refractivity contribution in [2.45, 2.75) is 96.4 Å². The summed E-state index contributed by atoms with van der Waals surface area (Å²) < 4.78 is 17.5. The summed E-state index contributed by atoms with van der Waals surface area (Å²) in [7, 11) is 0. The summed E-state index contributed by atoms with van der Waals surface area (Å²) in [5.74, 6) is -0.139. The van der Waals surface area contributed by atoms with Gasteiger partial charge in [0.2, 0.25) is 5.60 Å². The third-order valence-corrected chi connectivity index (χ3v) is 8.72. The fraction of sp³-hybridized carbons (Fsp3) is 0.905. The fourth-order valence-corrected chi connectivity index (χ4v) is 5.81. The minimum absolute atomic E-state index is 0.211. The van der Waals surface area contributed by atoms with Crippen molar-refractivity contribution >= 4 is 11.9 Å². The second-order valence-electron chi connectivity index (χ2n) is 10.0. The smallest absolute Gasteiger partial charge is 0.351 e. The standard InChI is InChI=1S/C21H32O5/c1-17(2)18(3)11-12-21(17,25-15(18)22)16(23)24-13-19(4)20(5,26-19)14-9-7-6-8-10-14/h14H,6-13H2,1-5H3/t18?,19-,20+,21?/m0/s1. The van der Waals surface area contributed by atoms with Crippen molar-refractivity contribution in [3.05, 3.63) is 0 Å². The number of epoxide rings is 1. The van der Waals surface area contributed by atoms with Gasteiger partial charge in [-0.15, -0.1) is 0 Å². The molecule has 0 amide bonds. The zero-order valence-electron chi connectivity index (χ0n) is 16.8. The van der Waals surface area contributed by atoms with Crippen molar-refractivity contribution in [3.8, 4) is 0 Å². The Labute approximate surface area is 156 Å². The lowest BCUT2D eigenvalue weighted by molar-refractivity contribution is -0.184. The van der Waals surface area contributed by atoms with E-state index in [1.807, 2.05) is 27.7 Å². The number of carbonyl (C=O) groups is 2. The van der Waals surface area contributed by atoms with Crippen LogP contribution in [-0.2, 0) is 23.8 Å². The van der Waals surface area contributed by atoms with Gasteiger partial charge < -0.3 is 14.2 Å². The first-order valence-electron chi connectivity index (χ1n) is 10.1. The van der Waals surface area contributed by atoms with E-state index in [0.717, 1.165) is 0 Å². The summed E-state index contributed by atoms with van der Waals surface area (Å²) in [4.78, 5) is 25.4. The fourth-order valence-electron chi connectivity index (χ4n) is 5.81. The molecule has 26 heavy (non-hydrogen) atoms. The summed E-state index contributed by atoms with van der Waals surface area (Å²) in [5, 5.41) is 0. The lowest BCUT2D eigenvalue weighted by Crippen LogP contribution is -2.49. The van der Waals surface area contributed by atoms with E-state index in [2.05, 4.69) is 6.92 Å². The Balaban J connectivity index is 1.45. The molecule has 4 rings (SSSR count). The van der Waals surface area contributed by atoms with Gasteiger partial charge in [-0.05, 0) is 52.4 Å². The first-order valence-corrected chi connectivity index (χ1v) is 10.1. The molecular formula is C21H32O5. The van der Waals surface area contributed by atoms with Gasteiger partial charge in [0.1, 0.15) is 17.8 Å². The first kappa shape index (κ1) is 18.3. The van der Waals surface area contributed by atoms with Gasteiger partial charge in [-0.3, -0.25) is 4.79 Å². The second kappa shape index (κ2) is 5.24. The number of ether oxygens (including phenoxy) is 3. The van der Waals surface area contributed by atoms with Crippen LogP contribution in [0.5, 0.6) is 0 Å². The molecule has 5 heteroatoms. The van der Waals surface area contributed by atoms with E-state index in [1.54, 1.807) is 0 Å². The van der Waals surface area contributed by atoms with E-state index in [9.17, 15) is 9.59 Å². The van der Waals surface area contributed by atoms with E-state index < -0.39 is 28.0 Å². The molecule has 2 saturated heterocycles. The lowest BCUT2D eigenvalue weighted by atomic mass is 9.66. The molecule has 0 aromatic carbocycles. The molecule has 0 radical (unpaired) electrons. The van der Waals surface area contributed by atoms with Gasteiger partial charge in [0.05, 0.1) is 5.41 Å². The molecule has 0 aromatic heterocycles. The molecule has 4 fully saturated rings. The zero-order chi connectivity index (χ0) is 19.0. The Morgan fingerprint density at radius 1 is 1.08 bits per heavy atom. The Kier molecular flexibility index (Phi) is 3.68. The molecule has 0 aromatic rings. The van der Waals surface area contributed by atoms with Crippen LogP contribution in [0.1, 0.15) is 79.6 Å². The Hall–Kier alpha value is -1.10. The number of hydrogen-bond acceptors (Lipinski definition) is 5. The molecule has 5 nitrogen and oxygen atoms in total. The van der Waals surface area contributed by atoms with Gasteiger partial charge in [0, 0.05) is 5.41 Å². The maximum absolute atomic E-state index is 13.0. The molecule has 2 heterocycles. The number of carbonyl (C=O) groups excluding carboxylic acids is 2. The largest absolute Gasteiger partial charge is 0.460 e. The molecule has 4 aliphatic rings. The van der Waals surface area contributed by atoms with Crippen molar-refractivity contribution in [2.75, 3.05) is 6.61 Å². The highest BCUT2D eigenvalue weighted by Crippen LogP contribution is 2.66. The molecule has 2 aliphatic heterocycles. The van der Waals surface area contributed by atoms with Crippen LogP contribution in [0.2, 0.25) is 0 Å². The number of rotatable bonds is 4. The van der Waals surface area contributed by atoms with Crippen LogP contribution >= 0.6 is 0 Å². The quantitative estimate of drug-likeness (QED) is 0.561. The summed E-state index contributed by atoms with van der Waals surface area (Å²) in [5.41, 5.74) is -2.96. The molecule has 4 atom stereocenters. The molecule has 2 bridgehead atoms. The van der Waals surface area contributed by atoms with Crippen LogP contribution in [-0.4, -0.2) is 35.3 Å². The van der Waals surface area contributed by atoms with E-state index >= 15 is 0 Å². The van der Waals surface area contributed by atoms with Gasteiger partial charge in [-0.2, -0.15) is 0 Å². The maximum Gasteiger partial charge on any atom is 0.351 e.